The zero-order chi connectivity index (χ0) is 14.8. The number of hydrazine groups is 1. The summed E-state index contributed by atoms with van der Waals surface area (Å²) >= 11 is 5.06. The van der Waals surface area contributed by atoms with Crippen LogP contribution in [0, 0.1) is 6.92 Å². The normalized spacial score (nSPS) is 10.6. The highest BCUT2D eigenvalue weighted by Gasteiger charge is 2.14. The topological polar surface area (TPSA) is 63.8 Å². The first-order valence-corrected chi connectivity index (χ1v) is 7.96. The van der Waals surface area contributed by atoms with Crippen molar-refractivity contribution in [3.8, 4) is 22.0 Å². The van der Waals surface area contributed by atoms with E-state index >= 15 is 0 Å². The molecule has 0 spiro atoms. The van der Waals surface area contributed by atoms with Gasteiger partial charge >= 0.3 is 0 Å². The van der Waals surface area contributed by atoms with Crippen molar-refractivity contribution in [1.82, 2.24) is 9.97 Å². The van der Waals surface area contributed by atoms with Crippen LogP contribution in [0.25, 0.3) is 22.0 Å². The highest BCUT2D eigenvalue weighted by Crippen LogP contribution is 2.33. The summed E-state index contributed by atoms with van der Waals surface area (Å²) < 4.78 is 1.05. The number of halogens is 1. The molecule has 0 bridgehead atoms. The molecule has 0 aliphatic carbocycles. The van der Waals surface area contributed by atoms with Crippen LogP contribution in [0.4, 0.5) is 5.82 Å². The zero-order valence-electron chi connectivity index (χ0n) is 11.3. The van der Waals surface area contributed by atoms with Crippen molar-refractivity contribution in [3.05, 3.63) is 51.8 Å². The molecule has 0 saturated carbocycles. The minimum atomic E-state index is 0.642. The van der Waals surface area contributed by atoms with Crippen molar-refractivity contribution in [2.75, 3.05) is 5.43 Å². The minimum Gasteiger partial charge on any atom is -0.308 e. The lowest BCUT2D eigenvalue weighted by Crippen LogP contribution is -2.12. The Bertz CT molecular complexity index is 771. The molecular weight excluding hydrogens is 348 g/mol. The summed E-state index contributed by atoms with van der Waals surface area (Å²) in [6, 6.07) is 14.0. The average molecular weight is 361 g/mol. The maximum atomic E-state index is 5.60. The Balaban J connectivity index is 2.20. The SMILES string of the molecule is Cc1c(NN)nc(-c2ccc(Br)s2)nc1-c1ccccc1. The summed E-state index contributed by atoms with van der Waals surface area (Å²) in [7, 11) is 0. The van der Waals surface area contributed by atoms with E-state index in [9.17, 15) is 0 Å². The largest absolute Gasteiger partial charge is 0.308 e. The van der Waals surface area contributed by atoms with E-state index in [0.717, 1.165) is 25.5 Å². The van der Waals surface area contributed by atoms with E-state index in [2.05, 4.69) is 26.3 Å². The van der Waals surface area contributed by atoms with Gasteiger partial charge in [-0.25, -0.2) is 15.8 Å². The van der Waals surface area contributed by atoms with Crippen molar-refractivity contribution >= 4 is 33.1 Å². The molecule has 2 aromatic heterocycles. The molecule has 0 radical (unpaired) electrons. The van der Waals surface area contributed by atoms with Gasteiger partial charge in [-0.15, -0.1) is 11.3 Å². The molecule has 21 heavy (non-hydrogen) atoms. The van der Waals surface area contributed by atoms with Gasteiger partial charge in [-0.1, -0.05) is 30.3 Å². The molecule has 0 aliphatic heterocycles. The maximum absolute atomic E-state index is 5.60. The van der Waals surface area contributed by atoms with Crippen LogP contribution < -0.4 is 11.3 Å². The predicted molar refractivity (Wildman–Crippen MR) is 91.0 cm³/mol. The zero-order valence-corrected chi connectivity index (χ0v) is 13.7. The molecule has 0 saturated heterocycles. The summed E-state index contributed by atoms with van der Waals surface area (Å²) in [5.41, 5.74) is 5.53. The fraction of sp³-hybridized carbons (Fsp3) is 0.0667. The van der Waals surface area contributed by atoms with Crippen molar-refractivity contribution in [1.29, 1.82) is 0 Å². The number of nitrogens with one attached hydrogen (secondary N) is 1. The number of anilines is 1. The number of thiophene rings is 1. The van der Waals surface area contributed by atoms with Gasteiger partial charge in [0, 0.05) is 11.1 Å². The third-order valence-corrected chi connectivity index (χ3v) is 4.74. The van der Waals surface area contributed by atoms with Crippen molar-refractivity contribution in [3.63, 3.8) is 0 Å². The molecule has 0 atom stereocenters. The third kappa shape index (κ3) is 2.83. The molecule has 0 amide bonds. The monoisotopic (exact) mass is 360 g/mol. The molecule has 6 heteroatoms. The second-order valence-corrected chi connectivity index (χ2v) is 6.95. The standard InChI is InChI=1S/C15H13BrN4S/c1-9-13(10-5-3-2-4-6-10)18-15(19-14(9)20-17)11-7-8-12(16)21-11/h2-8H,17H2,1H3,(H,18,19,20). The smallest absolute Gasteiger partial charge is 0.172 e. The van der Waals surface area contributed by atoms with E-state index in [4.69, 9.17) is 10.8 Å². The van der Waals surface area contributed by atoms with Crippen molar-refractivity contribution in [2.45, 2.75) is 6.92 Å². The lowest BCUT2D eigenvalue weighted by atomic mass is 10.1. The lowest BCUT2D eigenvalue weighted by Gasteiger charge is -2.11. The summed E-state index contributed by atoms with van der Waals surface area (Å²) in [4.78, 5) is 10.2. The van der Waals surface area contributed by atoms with Crippen LogP contribution in [-0.2, 0) is 0 Å². The highest BCUT2D eigenvalue weighted by molar-refractivity contribution is 9.11. The fourth-order valence-corrected chi connectivity index (χ4v) is 3.40. The highest BCUT2D eigenvalue weighted by atomic mass is 79.9. The second kappa shape index (κ2) is 5.93. The Morgan fingerprint density at radius 3 is 2.48 bits per heavy atom. The minimum absolute atomic E-state index is 0.642. The molecule has 0 fully saturated rings. The Hall–Kier alpha value is -1.76. The Labute approximate surface area is 135 Å². The maximum Gasteiger partial charge on any atom is 0.172 e. The number of hydrogen-bond donors (Lipinski definition) is 2. The number of nitrogens with zero attached hydrogens (tertiary/aromatic N) is 2. The molecule has 1 aromatic carbocycles. The van der Waals surface area contributed by atoms with E-state index in [1.807, 2.05) is 49.4 Å². The second-order valence-electron chi connectivity index (χ2n) is 4.48. The van der Waals surface area contributed by atoms with E-state index in [1.165, 1.54) is 0 Å². The first-order chi connectivity index (χ1) is 10.2. The Kier molecular flexibility index (Phi) is 4.01. The van der Waals surface area contributed by atoms with Gasteiger partial charge in [-0.05, 0) is 35.0 Å². The third-order valence-electron chi connectivity index (χ3n) is 3.12. The predicted octanol–water partition coefficient (Wildman–Crippen LogP) is 4.23. The summed E-state index contributed by atoms with van der Waals surface area (Å²) in [5, 5.41) is 0. The number of nitrogens with two attached hydrogens (primary N) is 1. The number of benzene rings is 1. The van der Waals surface area contributed by atoms with Crippen molar-refractivity contribution in [2.24, 2.45) is 5.84 Å². The molecule has 0 aliphatic rings. The van der Waals surface area contributed by atoms with Crippen LogP contribution in [0.1, 0.15) is 5.56 Å². The van der Waals surface area contributed by atoms with Gasteiger partial charge in [0.05, 0.1) is 14.4 Å². The average Bonchev–Trinajstić information content (AvgIpc) is 2.95. The van der Waals surface area contributed by atoms with Crippen LogP contribution in [0.3, 0.4) is 0 Å². The molecular formula is C15H13BrN4S. The van der Waals surface area contributed by atoms with Gasteiger partial charge in [-0.3, -0.25) is 0 Å². The van der Waals surface area contributed by atoms with E-state index in [-0.39, 0.29) is 0 Å². The molecule has 4 nitrogen and oxygen atoms in total. The van der Waals surface area contributed by atoms with Crippen LogP contribution in [-0.4, -0.2) is 9.97 Å². The first-order valence-electron chi connectivity index (χ1n) is 6.35. The molecule has 3 rings (SSSR count). The number of hydrogen-bond acceptors (Lipinski definition) is 5. The lowest BCUT2D eigenvalue weighted by molar-refractivity contribution is 1.12. The number of nitrogen functional groups attached to an aromatic ring is 1. The van der Waals surface area contributed by atoms with E-state index < -0.39 is 0 Å². The molecule has 2 heterocycles. The molecule has 3 aromatic rings. The molecule has 0 unspecified atom stereocenters. The summed E-state index contributed by atoms with van der Waals surface area (Å²) in [6.07, 6.45) is 0. The Morgan fingerprint density at radius 2 is 1.86 bits per heavy atom. The van der Waals surface area contributed by atoms with Gasteiger partial charge < -0.3 is 5.43 Å². The first kappa shape index (κ1) is 14.2. The Morgan fingerprint density at radius 1 is 1.10 bits per heavy atom. The van der Waals surface area contributed by atoms with Crippen LogP contribution >= 0.6 is 27.3 Å². The van der Waals surface area contributed by atoms with Crippen LogP contribution in [0.15, 0.2) is 46.3 Å². The van der Waals surface area contributed by atoms with Gasteiger partial charge in [0.1, 0.15) is 5.82 Å². The van der Waals surface area contributed by atoms with E-state index in [0.29, 0.717) is 11.6 Å². The van der Waals surface area contributed by atoms with Crippen LogP contribution in [0.5, 0.6) is 0 Å². The summed E-state index contributed by atoms with van der Waals surface area (Å²) in [5.74, 6) is 6.92. The molecule has 3 N–H and O–H groups in total. The van der Waals surface area contributed by atoms with Crippen molar-refractivity contribution < 1.29 is 0 Å². The van der Waals surface area contributed by atoms with Gasteiger partial charge in [-0.2, -0.15) is 0 Å². The van der Waals surface area contributed by atoms with Gasteiger partial charge in [0.25, 0.3) is 0 Å². The van der Waals surface area contributed by atoms with Gasteiger partial charge in [0.15, 0.2) is 5.82 Å². The molecule has 106 valence electrons. The summed E-state index contributed by atoms with van der Waals surface area (Å²) in [6.45, 7) is 1.96. The quantitative estimate of drug-likeness (QED) is 0.541. The van der Waals surface area contributed by atoms with Gasteiger partial charge in [0.2, 0.25) is 0 Å². The van der Waals surface area contributed by atoms with Crippen LogP contribution in [0.2, 0.25) is 0 Å². The van der Waals surface area contributed by atoms with E-state index in [1.54, 1.807) is 11.3 Å². The number of rotatable bonds is 3. The fourth-order valence-electron chi connectivity index (χ4n) is 2.08. The number of aromatic nitrogens is 2.